The van der Waals surface area contributed by atoms with Crippen LogP contribution < -0.4 is 10.2 Å². The lowest BCUT2D eigenvalue weighted by Crippen LogP contribution is -2.44. The largest absolute Gasteiger partial charge is 0.377 e. The number of nitrogens with zero attached hydrogens (tertiary/aromatic N) is 4. The maximum absolute atomic E-state index is 14.2. The molecule has 1 unspecified atom stereocenters. The van der Waals surface area contributed by atoms with E-state index < -0.39 is 7.37 Å². The second-order valence-electron chi connectivity index (χ2n) is 8.31. The summed E-state index contributed by atoms with van der Waals surface area (Å²) in [5.74, 6) is 0.996. The van der Waals surface area contributed by atoms with Gasteiger partial charge in [0.15, 0.2) is 0 Å². The molecular formula is C22H30N5O3P. The molecule has 0 bridgehead atoms. The van der Waals surface area contributed by atoms with Crippen LogP contribution in [0.3, 0.4) is 0 Å². The lowest BCUT2D eigenvalue weighted by atomic mass is 10.1. The van der Waals surface area contributed by atoms with E-state index in [1.807, 2.05) is 25.1 Å². The van der Waals surface area contributed by atoms with Crippen molar-refractivity contribution in [2.75, 3.05) is 37.4 Å². The molecule has 0 aliphatic carbocycles. The molecule has 1 saturated heterocycles. The molecule has 1 fully saturated rings. The van der Waals surface area contributed by atoms with Crippen LogP contribution in [0.5, 0.6) is 0 Å². The molecule has 166 valence electrons. The predicted octanol–water partition coefficient (Wildman–Crippen LogP) is 3.84. The van der Waals surface area contributed by atoms with Gasteiger partial charge >= 0.3 is 0 Å². The second-order valence-corrected chi connectivity index (χ2v) is 10.8. The molecule has 4 heterocycles. The Kier molecular flexibility index (Phi) is 6.42. The third-order valence-corrected chi connectivity index (χ3v) is 8.41. The van der Waals surface area contributed by atoms with Gasteiger partial charge in [-0.2, -0.15) is 5.10 Å². The third kappa shape index (κ3) is 4.38. The van der Waals surface area contributed by atoms with E-state index in [0.29, 0.717) is 42.5 Å². The van der Waals surface area contributed by atoms with Crippen molar-refractivity contribution in [1.82, 2.24) is 20.2 Å². The molecule has 1 N–H and O–H groups in total. The highest BCUT2D eigenvalue weighted by molar-refractivity contribution is 7.67. The van der Waals surface area contributed by atoms with E-state index in [1.54, 1.807) is 12.4 Å². The predicted molar refractivity (Wildman–Crippen MR) is 123 cm³/mol. The van der Waals surface area contributed by atoms with Crippen molar-refractivity contribution in [2.45, 2.75) is 33.7 Å². The first kappa shape index (κ1) is 21.9. The number of rotatable bonds is 7. The summed E-state index contributed by atoms with van der Waals surface area (Å²) < 4.78 is 25.8. The minimum atomic E-state index is -3.12. The van der Waals surface area contributed by atoms with Gasteiger partial charge < -0.3 is 14.2 Å². The Labute approximate surface area is 182 Å². The minimum absolute atomic E-state index is 0.162. The topological polar surface area (TPSA) is 93.2 Å². The SMILES string of the molecule is CCOP(=O)(CC(C)C)c1cc(N2CCOC[C@H]2C)nc2c(-c3ccn[nH]3)nccc12. The fourth-order valence-corrected chi connectivity index (χ4v) is 6.79. The first-order valence-electron chi connectivity index (χ1n) is 10.8. The number of hydrogen-bond acceptors (Lipinski definition) is 7. The van der Waals surface area contributed by atoms with Crippen molar-refractivity contribution in [3.05, 3.63) is 30.6 Å². The fraction of sp³-hybridized carbons (Fsp3) is 0.500. The van der Waals surface area contributed by atoms with Crippen LogP contribution in [0.2, 0.25) is 0 Å². The highest BCUT2D eigenvalue weighted by Gasteiger charge is 2.32. The van der Waals surface area contributed by atoms with Crippen molar-refractivity contribution in [2.24, 2.45) is 5.92 Å². The normalized spacial score (nSPS) is 19.1. The second kappa shape index (κ2) is 9.07. The van der Waals surface area contributed by atoms with Gasteiger partial charge in [0.05, 0.1) is 36.9 Å². The Balaban J connectivity index is 1.99. The summed E-state index contributed by atoms with van der Waals surface area (Å²) in [4.78, 5) is 11.8. The number of hydrogen-bond donors (Lipinski definition) is 1. The summed E-state index contributed by atoms with van der Waals surface area (Å²) in [7, 11) is -3.12. The Hall–Kier alpha value is -2.28. The number of fused-ring (bicyclic) bond motifs is 1. The van der Waals surface area contributed by atoms with E-state index in [2.05, 4.69) is 40.9 Å². The minimum Gasteiger partial charge on any atom is -0.377 e. The Morgan fingerprint density at radius 3 is 2.87 bits per heavy atom. The molecule has 1 aliphatic heterocycles. The summed E-state index contributed by atoms with van der Waals surface area (Å²) in [6.07, 6.45) is 3.89. The van der Waals surface area contributed by atoms with Crippen molar-refractivity contribution < 1.29 is 13.8 Å². The number of pyridine rings is 2. The van der Waals surface area contributed by atoms with Crippen LogP contribution in [0, 0.1) is 5.92 Å². The van der Waals surface area contributed by atoms with Gasteiger partial charge in [-0.25, -0.2) is 4.98 Å². The monoisotopic (exact) mass is 443 g/mol. The van der Waals surface area contributed by atoms with E-state index in [1.165, 1.54) is 0 Å². The van der Waals surface area contributed by atoms with Gasteiger partial charge in [-0.3, -0.25) is 14.6 Å². The summed E-state index contributed by atoms with van der Waals surface area (Å²) in [5, 5.41) is 8.57. The number of ether oxygens (including phenoxy) is 1. The van der Waals surface area contributed by atoms with Crippen LogP contribution in [-0.2, 0) is 13.8 Å². The first-order chi connectivity index (χ1) is 14.9. The summed E-state index contributed by atoms with van der Waals surface area (Å²) in [6.45, 7) is 10.5. The zero-order valence-electron chi connectivity index (χ0n) is 18.5. The van der Waals surface area contributed by atoms with Crippen LogP contribution in [0.15, 0.2) is 30.6 Å². The highest BCUT2D eigenvalue weighted by Crippen LogP contribution is 2.49. The van der Waals surface area contributed by atoms with Gasteiger partial charge in [0, 0.05) is 30.5 Å². The molecule has 3 aromatic heterocycles. The van der Waals surface area contributed by atoms with E-state index in [0.717, 1.165) is 23.4 Å². The van der Waals surface area contributed by atoms with Crippen molar-refractivity contribution in [1.29, 1.82) is 0 Å². The van der Waals surface area contributed by atoms with E-state index in [9.17, 15) is 4.57 Å². The Bertz CT molecular complexity index is 1090. The molecule has 8 nitrogen and oxygen atoms in total. The lowest BCUT2D eigenvalue weighted by Gasteiger charge is -2.35. The lowest BCUT2D eigenvalue weighted by molar-refractivity contribution is 0.0986. The zero-order chi connectivity index (χ0) is 22.0. The molecule has 0 saturated carbocycles. The molecule has 2 atom stereocenters. The van der Waals surface area contributed by atoms with Crippen LogP contribution in [0.1, 0.15) is 27.7 Å². The molecule has 4 rings (SSSR count). The number of aromatic nitrogens is 4. The van der Waals surface area contributed by atoms with E-state index in [4.69, 9.17) is 14.2 Å². The number of aromatic amines is 1. The van der Waals surface area contributed by atoms with Gasteiger partial charge in [-0.15, -0.1) is 0 Å². The summed E-state index contributed by atoms with van der Waals surface area (Å²) >= 11 is 0. The molecule has 1 aliphatic rings. The molecule has 31 heavy (non-hydrogen) atoms. The maximum atomic E-state index is 14.2. The molecular weight excluding hydrogens is 413 g/mol. The smallest absolute Gasteiger partial charge is 0.233 e. The zero-order valence-corrected chi connectivity index (χ0v) is 19.4. The molecule has 3 aromatic rings. The highest BCUT2D eigenvalue weighted by atomic mass is 31.2. The van der Waals surface area contributed by atoms with Crippen molar-refractivity contribution in [3.63, 3.8) is 0 Å². The standard InChI is InChI=1S/C22H30N5O3P/c1-5-30-31(28,14-15(2)3)19-12-20(27-10-11-29-13-16(27)4)25-21-17(19)6-8-23-22(21)18-7-9-24-26-18/h6-9,12,15-16H,5,10-11,13-14H2,1-4H3,(H,24,26)/t16-,31?/m1/s1. The molecule has 9 heteroatoms. The Morgan fingerprint density at radius 1 is 1.35 bits per heavy atom. The maximum Gasteiger partial charge on any atom is 0.233 e. The van der Waals surface area contributed by atoms with Gasteiger partial charge in [0.2, 0.25) is 7.37 Å². The number of anilines is 1. The average Bonchev–Trinajstić information content (AvgIpc) is 3.27. The van der Waals surface area contributed by atoms with Crippen LogP contribution in [0.4, 0.5) is 5.82 Å². The summed E-state index contributed by atoms with van der Waals surface area (Å²) in [6, 6.07) is 5.87. The van der Waals surface area contributed by atoms with Crippen LogP contribution in [-0.4, -0.2) is 58.7 Å². The van der Waals surface area contributed by atoms with Gasteiger partial charge in [-0.05, 0) is 38.0 Å². The molecule has 0 spiro atoms. The van der Waals surface area contributed by atoms with Crippen molar-refractivity contribution >= 4 is 29.4 Å². The quantitative estimate of drug-likeness (QED) is 0.555. The van der Waals surface area contributed by atoms with Crippen LogP contribution in [0.25, 0.3) is 22.3 Å². The summed E-state index contributed by atoms with van der Waals surface area (Å²) in [5.41, 5.74) is 2.15. The number of morpholine rings is 1. The number of H-pyrrole nitrogens is 1. The average molecular weight is 443 g/mol. The van der Waals surface area contributed by atoms with Gasteiger partial charge in [-0.1, -0.05) is 13.8 Å². The Morgan fingerprint density at radius 2 is 2.19 bits per heavy atom. The molecule has 0 aromatic carbocycles. The first-order valence-corrected chi connectivity index (χ1v) is 12.6. The van der Waals surface area contributed by atoms with Gasteiger partial charge in [0.25, 0.3) is 0 Å². The van der Waals surface area contributed by atoms with Gasteiger partial charge in [0.1, 0.15) is 17.0 Å². The third-order valence-electron chi connectivity index (χ3n) is 5.42. The number of nitrogens with one attached hydrogen (secondary N) is 1. The fourth-order valence-electron chi connectivity index (χ4n) is 4.11. The molecule has 0 radical (unpaired) electrons. The van der Waals surface area contributed by atoms with E-state index >= 15 is 0 Å². The van der Waals surface area contributed by atoms with E-state index in [-0.39, 0.29) is 12.0 Å². The molecule has 0 amide bonds. The van der Waals surface area contributed by atoms with Crippen molar-refractivity contribution in [3.8, 4) is 11.4 Å². The van der Waals surface area contributed by atoms with Crippen LogP contribution >= 0.6 is 7.37 Å².